The van der Waals surface area contributed by atoms with Gasteiger partial charge in [0.25, 0.3) is 0 Å². The Labute approximate surface area is 145 Å². The number of carbonyl (C=O) groups is 1. The summed E-state index contributed by atoms with van der Waals surface area (Å²) in [6.07, 6.45) is -0.402. The molecule has 130 valence electrons. The van der Waals surface area contributed by atoms with Crippen LogP contribution in [0.4, 0.5) is 5.69 Å². The highest BCUT2D eigenvalue weighted by atomic mass is 32.2. The van der Waals surface area contributed by atoms with Crippen LogP contribution in [-0.4, -0.2) is 26.0 Å². The summed E-state index contributed by atoms with van der Waals surface area (Å²) in [5.41, 5.74) is 1.87. The molecule has 0 saturated carbocycles. The lowest BCUT2D eigenvalue weighted by Gasteiger charge is -2.13. The topological polar surface area (TPSA) is 95.5 Å². The first-order chi connectivity index (χ1) is 11.3. The molecule has 1 aromatic heterocycles. The summed E-state index contributed by atoms with van der Waals surface area (Å²) in [4.78, 5) is 11.2. The summed E-state index contributed by atoms with van der Waals surface area (Å²) >= 11 is 1.48. The van der Waals surface area contributed by atoms with Crippen molar-refractivity contribution < 1.29 is 18.3 Å². The zero-order valence-electron chi connectivity index (χ0n) is 13.4. The highest BCUT2D eigenvalue weighted by molar-refractivity contribution is 7.89. The normalized spacial score (nSPS) is 12.8. The molecule has 3 N–H and O–H groups in total. The van der Waals surface area contributed by atoms with Crippen molar-refractivity contribution in [3.63, 3.8) is 0 Å². The van der Waals surface area contributed by atoms with Gasteiger partial charge in [-0.3, -0.25) is 4.79 Å². The second kappa shape index (κ2) is 7.89. The van der Waals surface area contributed by atoms with Gasteiger partial charge in [0.05, 0.1) is 11.0 Å². The molecule has 0 saturated heterocycles. The number of hydrogen-bond donors (Lipinski definition) is 3. The Morgan fingerprint density at radius 1 is 1.33 bits per heavy atom. The second-order valence-corrected chi connectivity index (χ2v) is 7.94. The first-order valence-corrected chi connectivity index (χ1v) is 9.80. The van der Waals surface area contributed by atoms with Gasteiger partial charge < -0.3 is 10.4 Å². The van der Waals surface area contributed by atoms with E-state index in [9.17, 15) is 18.3 Å². The van der Waals surface area contributed by atoms with E-state index < -0.39 is 16.1 Å². The molecule has 1 atom stereocenters. The monoisotopic (exact) mass is 368 g/mol. The van der Waals surface area contributed by atoms with Gasteiger partial charge in [0.1, 0.15) is 0 Å². The van der Waals surface area contributed by atoms with E-state index in [0.29, 0.717) is 17.7 Å². The van der Waals surface area contributed by atoms with Crippen molar-refractivity contribution in [1.82, 2.24) is 4.72 Å². The van der Waals surface area contributed by atoms with Gasteiger partial charge in [-0.25, -0.2) is 13.1 Å². The van der Waals surface area contributed by atoms with Crippen LogP contribution in [0.5, 0.6) is 0 Å². The number of amides is 1. The van der Waals surface area contributed by atoms with E-state index in [1.54, 1.807) is 19.1 Å². The Hall–Kier alpha value is -1.74. The minimum absolute atomic E-state index is 0.131. The smallest absolute Gasteiger partial charge is 0.240 e. The zero-order chi connectivity index (χ0) is 17.7. The maximum atomic E-state index is 12.4. The third-order valence-corrected chi connectivity index (χ3v) is 5.75. The van der Waals surface area contributed by atoms with Crippen molar-refractivity contribution in [2.24, 2.45) is 0 Å². The highest BCUT2D eigenvalue weighted by Crippen LogP contribution is 2.21. The van der Waals surface area contributed by atoms with Crippen molar-refractivity contribution in [3.05, 3.63) is 46.2 Å². The summed E-state index contributed by atoms with van der Waals surface area (Å²) in [5.74, 6) is -0.217. The van der Waals surface area contributed by atoms with E-state index >= 15 is 0 Å². The number of hydrogen-bond acceptors (Lipinski definition) is 5. The molecule has 0 aliphatic heterocycles. The van der Waals surface area contributed by atoms with E-state index in [-0.39, 0.29) is 17.3 Å². The number of carbonyl (C=O) groups excluding carboxylic acids is 1. The molecule has 24 heavy (non-hydrogen) atoms. The maximum Gasteiger partial charge on any atom is 0.240 e. The predicted octanol–water partition coefficient (Wildman–Crippen LogP) is 2.42. The Kier molecular flexibility index (Phi) is 6.11. The number of benzene rings is 1. The maximum absolute atomic E-state index is 12.4. The molecule has 0 aliphatic rings. The van der Waals surface area contributed by atoms with E-state index in [1.807, 2.05) is 16.8 Å². The Morgan fingerprint density at radius 3 is 2.67 bits per heavy atom. The van der Waals surface area contributed by atoms with Gasteiger partial charge in [0, 0.05) is 19.2 Å². The van der Waals surface area contributed by atoms with E-state index in [4.69, 9.17) is 0 Å². The number of aryl methyl sites for hydroxylation is 1. The largest absolute Gasteiger partial charge is 0.388 e. The summed E-state index contributed by atoms with van der Waals surface area (Å²) in [7, 11) is -3.67. The lowest BCUT2D eigenvalue weighted by molar-refractivity contribution is -0.114. The second-order valence-electron chi connectivity index (χ2n) is 5.42. The molecule has 0 bridgehead atoms. The van der Waals surface area contributed by atoms with Gasteiger partial charge in [-0.2, -0.15) is 11.3 Å². The van der Waals surface area contributed by atoms with Gasteiger partial charge in [0.15, 0.2) is 0 Å². The summed E-state index contributed by atoms with van der Waals surface area (Å²) < 4.78 is 27.3. The molecule has 0 aliphatic carbocycles. The lowest BCUT2D eigenvalue weighted by atomic mass is 10.1. The van der Waals surface area contributed by atoms with Crippen LogP contribution in [0.3, 0.4) is 0 Å². The van der Waals surface area contributed by atoms with E-state index in [1.165, 1.54) is 24.3 Å². The molecule has 1 heterocycles. The molecule has 8 heteroatoms. The fourth-order valence-electron chi connectivity index (χ4n) is 2.27. The van der Waals surface area contributed by atoms with Crippen LogP contribution >= 0.6 is 11.3 Å². The molecule has 6 nitrogen and oxygen atoms in total. The van der Waals surface area contributed by atoms with Gasteiger partial charge in [-0.1, -0.05) is 0 Å². The van der Waals surface area contributed by atoms with Gasteiger partial charge in [-0.15, -0.1) is 0 Å². The highest BCUT2D eigenvalue weighted by Gasteiger charge is 2.18. The summed E-state index contributed by atoms with van der Waals surface area (Å²) in [6, 6.07) is 6.42. The average Bonchev–Trinajstić information content (AvgIpc) is 3.00. The van der Waals surface area contributed by atoms with Crippen LogP contribution in [0.15, 0.2) is 39.9 Å². The average molecular weight is 368 g/mol. The van der Waals surface area contributed by atoms with Crippen molar-refractivity contribution in [2.45, 2.75) is 31.3 Å². The van der Waals surface area contributed by atoms with Gasteiger partial charge in [-0.05, 0) is 59.5 Å². The number of rotatable bonds is 7. The predicted molar refractivity (Wildman–Crippen MR) is 94.6 cm³/mol. The van der Waals surface area contributed by atoms with E-state index in [0.717, 1.165) is 5.56 Å². The first kappa shape index (κ1) is 18.6. The first-order valence-electron chi connectivity index (χ1n) is 7.37. The molecule has 2 aromatic rings. The quantitative estimate of drug-likeness (QED) is 0.699. The van der Waals surface area contributed by atoms with Gasteiger partial charge in [0.2, 0.25) is 15.9 Å². The molecular formula is C16H20N2O4S2. The van der Waals surface area contributed by atoms with Crippen LogP contribution in [0.1, 0.15) is 30.6 Å². The molecule has 1 amide bonds. The fourth-order valence-corrected chi connectivity index (χ4v) is 4.25. The molecule has 2 rings (SSSR count). The van der Waals surface area contributed by atoms with Crippen LogP contribution in [-0.2, 0) is 14.8 Å². The molecular weight excluding hydrogens is 348 g/mol. The number of sulfonamides is 1. The Morgan fingerprint density at radius 2 is 2.08 bits per heavy atom. The molecule has 0 spiro atoms. The van der Waals surface area contributed by atoms with E-state index in [2.05, 4.69) is 10.0 Å². The molecule has 0 unspecified atom stereocenters. The summed E-state index contributed by atoms with van der Waals surface area (Å²) in [5, 5.41) is 16.3. The number of anilines is 1. The van der Waals surface area contributed by atoms with Crippen molar-refractivity contribution in [3.8, 4) is 0 Å². The lowest BCUT2D eigenvalue weighted by Crippen LogP contribution is -2.26. The molecule has 0 radical (unpaired) electrons. The van der Waals surface area contributed by atoms with Crippen molar-refractivity contribution in [2.75, 3.05) is 11.9 Å². The number of thiophene rings is 1. The Bertz CT molecular complexity index is 801. The fraction of sp³-hybridized carbons (Fsp3) is 0.312. The third kappa shape index (κ3) is 4.88. The van der Waals surface area contributed by atoms with Crippen LogP contribution in [0.2, 0.25) is 0 Å². The van der Waals surface area contributed by atoms with Crippen LogP contribution in [0.25, 0.3) is 0 Å². The van der Waals surface area contributed by atoms with Crippen LogP contribution in [0, 0.1) is 6.92 Å². The minimum atomic E-state index is -3.67. The molecule has 1 aromatic carbocycles. The Balaban J connectivity index is 2.01. The SMILES string of the molecule is CC(=O)Nc1ccc(S(=O)(=O)NCC[C@H](O)c2ccsc2)c(C)c1. The zero-order valence-corrected chi connectivity index (χ0v) is 15.1. The number of aliphatic hydroxyl groups excluding tert-OH is 1. The van der Waals surface area contributed by atoms with Crippen molar-refractivity contribution >= 4 is 33.0 Å². The number of aliphatic hydroxyl groups is 1. The van der Waals surface area contributed by atoms with Crippen LogP contribution < -0.4 is 10.0 Å². The number of nitrogens with one attached hydrogen (secondary N) is 2. The summed E-state index contributed by atoms with van der Waals surface area (Å²) in [6.45, 7) is 3.19. The minimum Gasteiger partial charge on any atom is -0.388 e. The van der Waals surface area contributed by atoms with Crippen molar-refractivity contribution in [1.29, 1.82) is 0 Å². The standard InChI is InChI=1S/C16H20N2O4S2/c1-11-9-14(18-12(2)19)3-4-16(11)24(21,22)17-7-5-15(20)13-6-8-23-10-13/h3-4,6,8-10,15,17,20H,5,7H2,1-2H3,(H,18,19)/t15-/m0/s1. The third-order valence-electron chi connectivity index (χ3n) is 3.42. The van der Waals surface area contributed by atoms with Gasteiger partial charge >= 0.3 is 0 Å². The molecule has 0 fully saturated rings.